The minimum atomic E-state index is -0.404. The van der Waals surface area contributed by atoms with Crippen LogP contribution >= 0.6 is 0 Å². The van der Waals surface area contributed by atoms with Gasteiger partial charge in [0.1, 0.15) is 0 Å². The lowest BCUT2D eigenvalue weighted by Crippen LogP contribution is -2.49. The molecule has 0 aromatic heterocycles. The van der Waals surface area contributed by atoms with E-state index in [9.17, 15) is 9.59 Å². The van der Waals surface area contributed by atoms with Gasteiger partial charge in [-0.1, -0.05) is 12.8 Å². The number of nitrogens with one attached hydrogen (secondary N) is 2. The van der Waals surface area contributed by atoms with E-state index in [1.165, 1.54) is 0 Å². The molecule has 0 unspecified atom stereocenters. The molecule has 1 fully saturated rings. The van der Waals surface area contributed by atoms with Crippen molar-refractivity contribution in [3.63, 3.8) is 0 Å². The van der Waals surface area contributed by atoms with Crippen LogP contribution in [-0.4, -0.2) is 73.9 Å². The highest BCUT2D eigenvalue weighted by Crippen LogP contribution is 2.39. The van der Waals surface area contributed by atoms with E-state index in [0.717, 1.165) is 25.7 Å². The van der Waals surface area contributed by atoms with Crippen LogP contribution in [0.4, 0.5) is 0 Å². The van der Waals surface area contributed by atoms with Crippen molar-refractivity contribution < 1.29 is 9.59 Å². The molecule has 150 valence electrons. The van der Waals surface area contributed by atoms with Crippen molar-refractivity contribution in [3.05, 3.63) is 0 Å². The number of guanidine groups is 1. The molecule has 7 heteroatoms. The van der Waals surface area contributed by atoms with Crippen LogP contribution < -0.4 is 10.6 Å². The minimum Gasteiger partial charge on any atom is -0.357 e. The molecule has 0 bridgehead atoms. The molecule has 0 aliphatic heterocycles. The summed E-state index contributed by atoms with van der Waals surface area (Å²) in [4.78, 5) is 33.1. The Labute approximate surface area is 158 Å². The predicted octanol–water partition coefficient (Wildman–Crippen LogP) is 1.45. The molecule has 2 N–H and O–H groups in total. The smallest absolute Gasteiger partial charge is 0.240 e. The molecule has 1 aliphatic rings. The fraction of sp³-hybridized carbons (Fsp3) is 0.842. The van der Waals surface area contributed by atoms with Crippen LogP contribution in [0.3, 0.4) is 0 Å². The van der Waals surface area contributed by atoms with E-state index < -0.39 is 5.41 Å². The normalized spacial score (nSPS) is 17.0. The fourth-order valence-corrected chi connectivity index (χ4v) is 3.41. The van der Waals surface area contributed by atoms with Crippen LogP contribution in [0.25, 0.3) is 0 Å². The topological polar surface area (TPSA) is 77.0 Å². The van der Waals surface area contributed by atoms with E-state index in [1.54, 1.807) is 19.0 Å². The van der Waals surface area contributed by atoms with Gasteiger partial charge in [-0.3, -0.25) is 14.6 Å². The number of carbonyl (C=O) groups is 2. The van der Waals surface area contributed by atoms with Crippen molar-refractivity contribution >= 4 is 17.8 Å². The zero-order valence-corrected chi connectivity index (χ0v) is 17.6. The second-order valence-corrected chi connectivity index (χ2v) is 8.51. The summed E-state index contributed by atoms with van der Waals surface area (Å²) < 4.78 is 0. The van der Waals surface area contributed by atoms with Crippen molar-refractivity contribution in [1.29, 1.82) is 0 Å². The number of carbonyl (C=O) groups excluding carboxylic acids is 2. The third-order valence-corrected chi connectivity index (χ3v) is 4.54. The molecule has 0 heterocycles. The molecule has 0 radical (unpaired) electrons. The summed E-state index contributed by atoms with van der Waals surface area (Å²) in [6.07, 6.45) is 3.88. The molecule has 0 spiro atoms. The van der Waals surface area contributed by atoms with Gasteiger partial charge >= 0.3 is 0 Å². The number of likely N-dealkylation sites (N-methyl/N-ethyl adjacent to an activating group) is 1. The van der Waals surface area contributed by atoms with Crippen LogP contribution in [0.5, 0.6) is 0 Å². The number of hydrogen-bond donors (Lipinski definition) is 2. The molecule has 1 rings (SSSR count). The molecule has 1 aliphatic carbocycles. The van der Waals surface area contributed by atoms with Crippen LogP contribution in [0.15, 0.2) is 4.99 Å². The molecule has 26 heavy (non-hydrogen) atoms. The number of rotatable bonds is 6. The highest BCUT2D eigenvalue weighted by molar-refractivity contribution is 5.87. The van der Waals surface area contributed by atoms with Crippen LogP contribution in [0, 0.1) is 5.41 Å². The van der Waals surface area contributed by atoms with E-state index in [-0.39, 0.29) is 23.9 Å². The summed E-state index contributed by atoms with van der Waals surface area (Å²) in [5, 5.41) is 6.19. The van der Waals surface area contributed by atoms with E-state index >= 15 is 0 Å². The summed E-state index contributed by atoms with van der Waals surface area (Å²) in [5.74, 6) is 0.766. The van der Waals surface area contributed by atoms with Gasteiger partial charge < -0.3 is 20.4 Å². The van der Waals surface area contributed by atoms with E-state index in [4.69, 9.17) is 4.99 Å². The fourth-order valence-electron chi connectivity index (χ4n) is 3.41. The van der Waals surface area contributed by atoms with Gasteiger partial charge in [-0.2, -0.15) is 0 Å². The molecule has 1 saturated carbocycles. The van der Waals surface area contributed by atoms with E-state index in [1.807, 2.05) is 39.6 Å². The molecule has 7 nitrogen and oxygen atoms in total. The van der Waals surface area contributed by atoms with Gasteiger partial charge in [0.2, 0.25) is 11.8 Å². The Kier molecular flexibility index (Phi) is 7.90. The van der Waals surface area contributed by atoms with Gasteiger partial charge in [0.15, 0.2) is 5.96 Å². The Morgan fingerprint density at radius 3 is 2.15 bits per heavy atom. The van der Waals surface area contributed by atoms with Crippen LogP contribution in [-0.2, 0) is 9.59 Å². The SMILES string of the molecule is CCNC(=NCC1(C(=O)N(C)C)CCCC1)N(C)CC(=O)NC(C)(C)C. The Hall–Kier alpha value is -1.79. The first-order valence-corrected chi connectivity index (χ1v) is 9.53. The summed E-state index contributed by atoms with van der Waals surface area (Å²) >= 11 is 0. The van der Waals surface area contributed by atoms with Gasteiger partial charge in [0.05, 0.1) is 18.5 Å². The van der Waals surface area contributed by atoms with Crippen molar-refractivity contribution in [2.24, 2.45) is 10.4 Å². The molecular formula is C19H37N5O2. The van der Waals surface area contributed by atoms with Gasteiger partial charge in [-0.05, 0) is 40.5 Å². The Morgan fingerprint density at radius 2 is 1.69 bits per heavy atom. The van der Waals surface area contributed by atoms with Gasteiger partial charge in [0, 0.05) is 33.2 Å². The summed E-state index contributed by atoms with van der Waals surface area (Å²) in [5.41, 5.74) is -0.669. The first-order chi connectivity index (χ1) is 12.0. The Bertz CT molecular complexity index is 517. The van der Waals surface area contributed by atoms with Gasteiger partial charge in [-0.15, -0.1) is 0 Å². The maximum Gasteiger partial charge on any atom is 0.240 e. The average Bonchev–Trinajstić information content (AvgIpc) is 2.98. The monoisotopic (exact) mass is 367 g/mol. The highest BCUT2D eigenvalue weighted by atomic mass is 16.2. The summed E-state index contributed by atoms with van der Waals surface area (Å²) in [6.45, 7) is 9.26. The van der Waals surface area contributed by atoms with E-state index in [0.29, 0.717) is 19.0 Å². The first-order valence-electron chi connectivity index (χ1n) is 9.53. The van der Waals surface area contributed by atoms with Crippen molar-refractivity contribution in [2.45, 2.75) is 58.9 Å². The standard InChI is InChI=1S/C19H37N5O2/c1-8-20-17(24(7)13-15(25)22-18(2,3)4)21-14-19(11-9-10-12-19)16(26)23(5)6/h8-14H2,1-7H3,(H,20,21)(H,22,25). The zero-order chi connectivity index (χ0) is 20.0. The second kappa shape index (κ2) is 9.24. The third kappa shape index (κ3) is 6.50. The second-order valence-electron chi connectivity index (χ2n) is 8.51. The van der Waals surface area contributed by atoms with Crippen LogP contribution in [0.1, 0.15) is 53.4 Å². The van der Waals surface area contributed by atoms with Crippen molar-refractivity contribution in [1.82, 2.24) is 20.4 Å². The summed E-state index contributed by atoms with van der Waals surface area (Å²) in [7, 11) is 5.46. The minimum absolute atomic E-state index is 0.0504. The Morgan fingerprint density at radius 1 is 1.12 bits per heavy atom. The average molecular weight is 368 g/mol. The zero-order valence-electron chi connectivity index (χ0n) is 17.6. The number of hydrogen-bond acceptors (Lipinski definition) is 3. The number of amides is 2. The predicted molar refractivity (Wildman–Crippen MR) is 106 cm³/mol. The lowest BCUT2D eigenvalue weighted by molar-refractivity contribution is -0.138. The van der Waals surface area contributed by atoms with Crippen molar-refractivity contribution in [3.8, 4) is 0 Å². The van der Waals surface area contributed by atoms with Gasteiger partial charge in [0.25, 0.3) is 0 Å². The number of nitrogens with zero attached hydrogens (tertiary/aromatic N) is 3. The highest BCUT2D eigenvalue weighted by Gasteiger charge is 2.42. The lowest BCUT2D eigenvalue weighted by atomic mass is 9.85. The molecule has 0 atom stereocenters. The third-order valence-electron chi connectivity index (χ3n) is 4.54. The lowest BCUT2D eigenvalue weighted by Gasteiger charge is -2.30. The van der Waals surface area contributed by atoms with E-state index in [2.05, 4.69) is 10.6 Å². The van der Waals surface area contributed by atoms with Crippen molar-refractivity contribution in [2.75, 3.05) is 40.8 Å². The molecule has 0 aromatic rings. The maximum absolute atomic E-state index is 12.7. The first kappa shape index (κ1) is 22.3. The van der Waals surface area contributed by atoms with Gasteiger partial charge in [-0.25, -0.2) is 0 Å². The molecular weight excluding hydrogens is 330 g/mol. The molecule has 0 saturated heterocycles. The Balaban J connectivity index is 2.86. The quantitative estimate of drug-likeness (QED) is 0.550. The molecule has 0 aromatic carbocycles. The maximum atomic E-state index is 12.7. The van der Waals surface area contributed by atoms with Crippen LogP contribution in [0.2, 0.25) is 0 Å². The summed E-state index contributed by atoms with van der Waals surface area (Å²) in [6, 6.07) is 0. The molecule has 2 amide bonds. The number of aliphatic imine (C=N–C) groups is 1. The largest absolute Gasteiger partial charge is 0.357 e.